The summed E-state index contributed by atoms with van der Waals surface area (Å²) in [4.78, 5) is 29.8. The van der Waals surface area contributed by atoms with Crippen LogP contribution in [0, 0.1) is 0 Å². The van der Waals surface area contributed by atoms with Gasteiger partial charge in [-0.2, -0.15) is 5.10 Å². The number of hydrogen-bond acceptors (Lipinski definition) is 4. The molecule has 0 aliphatic carbocycles. The number of likely N-dealkylation sites (N-methyl/N-ethyl adjacent to an activating group) is 1. The lowest BCUT2D eigenvalue weighted by atomic mass is 10.2. The van der Waals surface area contributed by atoms with Crippen LogP contribution in [0.1, 0.15) is 32.0 Å². The van der Waals surface area contributed by atoms with Gasteiger partial charge >= 0.3 is 12.1 Å². The third-order valence-corrected chi connectivity index (χ3v) is 5.44. The average molecular weight is 412 g/mol. The molecule has 0 spiro atoms. The Bertz CT molecular complexity index is 919. The van der Waals surface area contributed by atoms with Crippen LogP contribution in [-0.4, -0.2) is 70.5 Å². The van der Waals surface area contributed by atoms with Gasteiger partial charge in [0, 0.05) is 51.5 Å². The van der Waals surface area contributed by atoms with Crippen molar-refractivity contribution >= 4 is 17.8 Å². The molecule has 160 valence electrons. The Morgan fingerprint density at radius 1 is 1.00 bits per heavy atom. The first-order valence-electron chi connectivity index (χ1n) is 10.4. The highest BCUT2D eigenvalue weighted by Crippen LogP contribution is 2.23. The van der Waals surface area contributed by atoms with Gasteiger partial charge in [0.2, 0.25) is 0 Å². The van der Waals surface area contributed by atoms with Gasteiger partial charge in [-0.15, -0.1) is 0 Å². The van der Waals surface area contributed by atoms with Crippen molar-refractivity contribution in [2.24, 2.45) is 0 Å². The zero-order chi connectivity index (χ0) is 21.5. The Morgan fingerprint density at radius 3 is 2.30 bits per heavy atom. The number of benzene rings is 1. The summed E-state index contributed by atoms with van der Waals surface area (Å²) in [5.41, 5.74) is 3.53. The summed E-state index contributed by atoms with van der Waals surface area (Å²) < 4.78 is 7.38. The molecule has 0 saturated carbocycles. The van der Waals surface area contributed by atoms with Crippen molar-refractivity contribution < 1.29 is 14.3 Å². The first-order chi connectivity index (χ1) is 14.2. The van der Waals surface area contributed by atoms with E-state index in [9.17, 15) is 9.59 Å². The maximum Gasteiger partial charge on any atom is 0.410 e. The molecule has 8 nitrogen and oxygen atoms in total. The number of rotatable bonds is 2. The van der Waals surface area contributed by atoms with Crippen LogP contribution in [0.3, 0.4) is 0 Å². The molecule has 4 rings (SSSR count). The number of aromatic nitrogens is 2. The van der Waals surface area contributed by atoms with Crippen LogP contribution >= 0.6 is 0 Å². The van der Waals surface area contributed by atoms with Gasteiger partial charge in [0.15, 0.2) is 0 Å². The highest BCUT2D eigenvalue weighted by atomic mass is 16.6. The zero-order valence-electron chi connectivity index (χ0n) is 18.1. The zero-order valence-corrected chi connectivity index (χ0v) is 18.1. The topological polar surface area (TPSA) is 70.9 Å². The molecule has 0 unspecified atom stereocenters. The minimum Gasteiger partial charge on any atom is -0.444 e. The Kier molecular flexibility index (Phi) is 5.17. The van der Waals surface area contributed by atoms with E-state index in [1.54, 1.807) is 14.7 Å². The molecule has 3 heterocycles. The van der Waals surface area contributed by atoms with Gasteiger partial charge < -0.3 is 14.5 Å². The van der Waals surface area contributed by atoms with Gasteiger partial charge in [0.1, 0.15) is 5.60 Å². The van der Waals surface area contributed by atoms with Crippen molar-refractivity contribution in [3.8, 4) is 5.69 Å². The van der Waals surface area contributed by atoms with Gasteiger partial charge in [-0.25, -0.2) is 14.3 Å². The summed E-state index contributed by atoms with van der Waals surface area (Å²) in [6.07, 6.45) is 3.23. The second-order valence-corrected chi connectivity index (χ2v) is 8.89. The van der Waals surface area contributed by atoms with E-state index in [4.69, 9.17) is 9.84 Å². The monoisotopic (exact) mass is 411 g/mol. The van der Waals surface area contributed by atoms with Gasteiger partial charge in [-0.1, -0.05) is 0 Å². The molecule has 2 aliphatic rings. The summed E-state index contributed by atoms with van der Waals surface area (Å²) in [6.45, 7) is 8.31. The van der Waals surface area contributed by atoms with Crippen LogP contribution in [0.5, 0.6) is 0 Å². The molecule has 8 heteroatoms. The van der Waals surface area contributed by atoms with Gasteiger partial charge in [0.05, 0.1) is 11.4 Å². The largest absolute Gasteiger partial charge is 0.444 e. The molecule has 0 bridgehead atoms. The molecule has 1 aromatic carbocycles. The summed E-state index contributed by atoms with van der Waals surface area (Å²) in [5.74, 6) is 0. The molecule has 30 heavy (non-hydrogen) atoms. The number of carbonyl (C=O) groups is 2. The van der Waals surface area contributed by atoms with Crippen LogP contribution in [0.2, 0.25) is 0 Å². The predicted octanol–water partition coefficient (Wildman–Crippen LogP) is 3.08. The normalized spacial score (nSPS) is 17.2. The van der Waals surface area contributed by atoms with Gasteiger partial charge in [0.25, 0.3) is 0 Å². The summed E-state index contributed by atoms with van der Waals surface area (Å²) in [7, 11) is 1.82. The number of fused-ring (bicyclic) bond motifs is 1. The lowest BCUT2D eigenvalue weighted by molar-refractivity contribution is 0.0258. The smallest absolute Gasteiger partial charge is 0.410 e. The Balaban J connectivity index is 1.44. The van der Waals surface area contributed by atoms with Crippen LogP contribution in [0.25, 0.3) is 5.69 Å². The van der Waals surface area contributed by atoms with Crippen molar-refractivity contribution in [2.45, 2.75) is 39.2 Å². The molecule has 1 aromatic heterocycles. The Labute approximate surface area is 177 Å². The van der Waals surface area contributed by atoms with E-state index in [1.165, 1.54) is 0 Å². The molecule has 2 aromatic rings. The fourth-order valence-electron chi connectivity index (χ4n) is 3.79. The fourth-order valence-corrected chi connectivity index (χ4v) is 3.79. The van der Waals surface area contributed by atoms with E-state index < -0.39 is 5.60 Å². The molecule has 0 atom stereocenters. The lowest BCUT2D eigenvalue weighted by Gasteiger charge is -2.26. The average Bonchev–Trinajstić information content (AvgIpc) is 3.18. The van der Waals surface area contributed by atoms with Crippen molar-refractivity contribution in [1.29, 1.82) is 0 Å². The third-order valence-electron chi connectivity index (χ3n) is 5.44. The second-order valence-electron chi connectivity index (χ2n) is 8.89. The van der Waals surface area contributed by atoms with Gasteiger partial charge in [-0.3, -0.25) is 4.90 Å². The maximum atomic E-state index is 12.4. The van der Waals surface area contributed by atoms with E-state index in [0.717, 1.165) is 35.6 Å². The minimum atomic E-state index is -0.492. The van der Waals surface area contributed by atoms with E-state index in [-0.39, 0.29) is 12.1 Å². The van der Waals surface area contributed by atoms with E-state index >= 15 is 0 Å². The van der Waals surface area contributed by atoms with E-state index in [1.807, 2.05) is 63.0 Å². The summed E-state index contributed by atoms with van der Waals surface area (Å²) >= 11 is 0. The number of nitrogens with zero attached hydrogens (tertiary/aromatic N) is 5. The highest BCUT2D eigenvalue weighted by Gasteiger charge is 2.27. The van der Waals surface area contributed by atoms with E-state index in [2.05, 4.69) is 0 Å². The predicted molar refractivity (Wildman–Crippen MR) is 114 cm³/mol. The van der Waals surface area contributed by atoms with Crippen LogP contribution in [-0.2, 0) is 17.6 Å². The fraction of sp³-hybridized carbons (Fsp3) is 0.500. The number of ether oxygens (including phenoxy) is 1. The number of anilines is 1. The Hall–Kier alpha value is -3.03. The Morgan fingerprint density at radius 2 is 1.67 bits per heavy atom. The summed E-state index contributed by atoms with van der Waals surface area (Å²) in [6, 6.07) is 7.93. The second kappa shape index (κ2) is 7.66. The number of carbonyl (C=O) groups excluding carboxylic acids is 2. The summed E-state index contributed by atoms with van der Waals surface area (Å²) in [5, 5.41) is 4.75. The minimum absolute atomic E-state index is 0.0306. The van der Waals surface area contributed by atoms with Crippen LogP contribution in [0.4, 0.5) is 15.3 Å². The maximum absolute atomic E-state index is 12.4. The standard InChI is InChI=1S/C22H29N5O3/c1-22(2,3)30-21(29)25-11-9-16-15-27(23-19(16)10-12-25)18-7-5-17(6-8-18)26-14-13-24(4)20(26)28/h5-8,15H,9-14H2,1-4H3. The first-order valence-corrected chi connectivity index (χ1v) is 10.4. The SMILES string of the molecule is CN1CCN(c2ccc(-n3cc4c(n3)CCN(C(=O)OC(C)(C)C)CC4)cc2)C1=O. The van der Waals surface area contributed by atoms with E-state index in [0.29, 0.717) is 26.1 Å². The van der Waals surface area contributed by atoms with Gasteiger partial charge in [-0.05, 0) is 57.0 Å². The molecule has 2 aliphatic heterocycles. The molecule has 3 amide bonds. The quantitative estimate of drug-likeness (QED) is 0.761. The van der Waals surface area contributed by atoms with Crippen molar-refractivity contribution in [1.82, 2.24) is 19.6 Å². The van der Waals surface area contributed by atoms with Crippen LogP contribution in [0.15, 0.2) is 30.5 Å². The third kappa shape index (κ3) is 4.13. The molecule has 0 radical (unpaired) electrons. The number of urea groups is 1. The molecule has 0 N–H and O–H groups in total. The lowest BCUT2D eigenvalue weighted by Crippen LogP contribution is -2.38. The number of hydrogen-bond donors (Lipinski definition) is 0. The van der Waals surface area contributed by atoms with Crippen molar-refractivity contribution in [3.63, 3.8) is 0 Å². The molecule has 1 fully saturated rings. The highest BCUT2D eigenvalue weighted by molar-refractivity contribution is 5.94. The van der Waals surface area contributed by atoms with Crippen molar-refractivity contribution in [2.75, 3.05) is 38.1 Å². The first kappa shape index (κ1) is 20.3. The molecule has 1 saturated heterocycles. The molecular weight excluding hydrogens is 382 g/mol. The van der Waals surface area contributed by atoms with Crippen LogP contribution < -0.4 is 4.90 Å². The van der Waals surface area contributed by atoms with Crippen molar-refractivity contribution in [3.05, 3.63) is 41.7 Å². The number of amides is 3. The molecular formula is C22H29N5O3.